The van der Waals surface area contributed by atoms with Crippen molar-refractivity contribution in [3.8, 4) is 6.01 Å². The third-order valence-corrected chi connectivity index (χ3v) is 2.83. The molecule has 1 fully saturated rings. The number of nitrogens with one attached hydrogen (secondary N) is 1. The van der Waals surface area contributed by atoms with Gasteiger partial charge in [0.2, 0.25) is 11.9 Å². The molecule has 8 nitrogen and oxygen atoms in total. The van der Waals surface area contributed by atoms with Gasteiger partial charge in [-0.25, -0.2) is 0 Å². The quantitative estimate of drug-likeness (QED) is 0.791. The minimum Gasteiger partial charge on any atom is -0.458 e. The molecule has 8 heteroatoms. The van der Waals surface area contributed by atoms with Gasteiger partial charge in [0, 0.05) is 27.2 Å². The van der Waals surface area contributed by atoms with Gasteiger partial charge in [-0.05, 0) is 6.92 Å². The van der Waals surface area contributed by atoms with E-state index in [2.05, 4.69) is 25.2 Å². The van der Waals surface area contributed by atoms with Crippen LogP contribution in [0.4, 0.5) is 11.9 Å². The summed E-state index contributed by atoms with van der Waals surface area (Å²) in [5.41, 5.74) is 0. The average molecular weight is 283 g/mol. The fourth-order valence-corrected chi connectivity index (χ4v) is 1.86. The first-order chi connectivity index (χ1) is 9.72. The van der Waals surface area contributed by atoms with Crippen LogP contribution < -0.4 is 15.0 Å². The molecule has 1 aromatic rings. The summed E-state index contributed by atoms with van der Waals surface area (Å²) in [6, 6.07) is 0.301. The number of ether oxygens (including phenoxy) is 3. The molecule has 0 amide bonds. The Labute approximate surface area is 118 Å². The second kappa shape index (κ2) is 7.20. The van der Waals surface area contributed by atoms with Crippen LogP contribution in [0.25, 0.3) is 0 Å². The summed E-state index contributed by atoms with van der Waals surface area (Å²) in [7, 11) is 3.40. The summed E-state index contributed by atoms with van der Waals surface area (Å²) in [6.45, 7) is 5.27. The lowest BCUT2D eigenvalue weighted by molar-refractivity contribution is 0.0853. The van der Waals surface area contributed by atoms with Crippen molar-refractivity contribution in [2.24, 2.45) is 0 Å². The van der Waals surface area contributed by atoms with Crippen molar-refractivity contribution in [3.05, 3.63) is 0 Å². The van der Waals surface area contributed by atoms with Gasteiger partial charge in [0.05, 0.1) is 19.8 Å². The third kappa shape index (κ3) is 3.91. The van der Waals surface area contributed by atoms with E-state index in [9.17, 15) is 0 Å². The van der Waals surface area contributed by atoms with Crippen LogP contribution in [0.5, 0.6) is 6.01 Å². The first-order valence-electron chi connectivity index (χ1n) is 6.65. The average Bonchev–Trinajstić information content (AvgIpc) is 2.48. The van der Waals surface area contributed by atoms with Gasteiger partial charge in [0.1, 0.15) is 6.10 Å². The van der Waals surface area contributed by atoms with E-state index in [4.69, 9.17) is 14.2 Å². The fraction of sp³-hybridized carbons (Fsp3) is 0.750. The largest absolute Gasteiger partial charge is 0.458 e. The third-order valence-electron chi connectivity index (χ3n) is 2.83. The van der Waals surface area contributed by atoms with Crippen LogP contribution in [-0.2, 0) is 9.47 Å². The molecule has 1 unspecified atom stereocenters. The van der Waals surface area contributed by atoms with E-state index in [1.807, 2.05) is 6.92 Å². The number of rotatable bonds is 6. The number of morpholine rings is 1. The van der Waals surface area contributed by atoms with Gasteiger partial charge in [0.15, 0.2) is 0 Å². The Morgan fingerprint density at radius 1 is 1.30 bits per heavy atom. The second-order valence-corrected chi connectivity index (χ2v) is 4.47. The van der Waals surface area contributed by atoms with Crippen molar-refractivity contribution >= 4 is 11.9 Å². The number of methoxy groups -OCH3 is 1. The normalized spacial score (nSPS) is 16.9. The highest BCUT2D eigenvalue weighted by atomic mass is 16.5. The molecule has 0 radical (unpaired) electrons. The highest BCUT2D eigenvalue weighted by Gasteiger charge is 2.17. The van der Waals surface area contributed by atoms with Gasteiger partial charge in [-0.3, -0.25) is 0 Å². The van der Waals surface area contributed by atoms with Crippen LogP contribution in [0.1, 0.15) is 6.92 Å². The molecule has 0 bridgehead atoms. The van der Waals surface area contributed by atoms with Crippen LogP contribution in [-0.4, -0.2) is 68.1 Å². The lowest BCUT2D eigenvalue weighted by Gasteiger charge is -2.27. The highest BCUT2D eigenvalue weighted by molar-refractivity contribution is 5.38. The number of nitrogens with zero attached hydrogens (tertiary/aromatic N) is 4. The maximum atomic E-state index is 5.64. The lowest BCUT2D eigenvalue weighted by atomic mass is 10.4. The number of aromatic nitrogens is 3. The number of hydrogen-bond acceptors (Lipinski definition) is 8. The predicted molar refractivity (Wildman–Crippen MR) is 74.4 cm³/mol. The Hall–Kier alpha value is -1.67. The summed E-state index contributed by atoms with van der Waals surface area (Å²) >= 11 is 0. The molecule has 0 spiro atoms. The maximum Gasteiger partial charge on any atom is 0.323 e. The molecular weight excluding hydrogens is 262 g/mol. The molecule has 1 N–H and O–H groups in total. The van der Waals surface area contributed by atoms with Gasteiger partial charge in [0.25, 0.3) is 0 Å². The van der Waals surface area contributed by atoms with E-state index >= 15 is 0 Å². The topological polar surface area (TPSA) is 81.6 Å². The molecule has 1 aromatic heterocycles. The van der Waals surface area contributed by atoms with E-state index in [1.165, 1.54) is 0 Å². The Bertz CT molecular complexity index is 426. The number of anilines is 2. The summed E-state index contributed by atoms with van der Waals surface area (Å²) in [4.78, 5) is 15.0. The van der Waals surface area contributed by atoms with E-state index in [0.717, 1.165) is 13.1 Å². The Balaban J connectivity index is 2.14. The fourth-order valence-electron chi connectivity index (χ4n) is 1.86. The lowest BCUT2D eigenvalue weighted by Crippen LogP contribution is -2.37. The molecule has 0 aliphatic carbocycles. The van der Waals surface area contributed by atoms with Crippen molar-refractivity contribution in [2.75, 3.05) is 57.3 Å². The number of hydrogen-bond donors (Lipinski definition) is 1. The van der Waals surface area contributed by atoms with E-state index in [0.29, 0.717) is 37.7 Å². The van der Waals surface area contributed by atoms with Crippen molar-refractivity contribution in [2.45, 2.75) is 13.0 Å². The zero-order valence-corrected chi connectivity index (χ0v) is 12.1. The molecular formula is C12H21N5O3. The van der Waals surface area contributed by atoms with Crippen LogP contribution in [0.15, 0.2) is 0 Å². The van der Waals surface area contributed by atoms with Gasteiger partial charge in [-0.1, -0.05) is 0 Å². The van der Waals surface area contributed by atoms with Crippen molar-refractivity contribution in [1.29, 1.82) is 0 Å². The van der Waals surface area contributed by atoms with E-state index in [1.54, 1.807) is 14.2 Å². The van der Waals surface area contributed by atoms with Crippen molar-refractivity contribution in [1.82, 2.24) is 15.0 Å². The van der Waals surface area contributed by atoms with Crippen LogP contribution >= 0.6 is 0 Å². The minimum atomic E-state index is -0.121. The predicted octanol–water partition coefficient (Wildman–Crippen LogP) is 0.164. The SMILES string of the molecule is CNc1nc(OC(C)COC)nc(N2CCOCC2)n1. The zero-order chi connectivity index (χ0) is 14.4. The minimum absolute atomic E-state index is 0.121. The highest BCUT2D eigenvalue weighted by Crippen LogP contribution is 2.16. The van der Waals surface area contributed by atoms with Crippen molar-refractivity contribution < 1.29 is 14.2 Å². The molecule has 1 aliphatic heterocycles. The van der Waals surface area contributed by atoms with Gasteiger partial charge in [-0.2, -0.15) is 15.0 Å². The van der Waals surface area contributed by atoms with Gasteiger partial charge in [-0.15, -0.1) is 0 Å². The smallest absolute Gasteiger partial charge is 0.323 e. The molecule has 0 saturated carbocycles. The Kier molecular flexibility index (Phi) is 5.31. The molecule has 0 aromatic carbocycles. The summed E-state index contributed by atoms with van der Waals surface area (Å²) < 4.78 is 16.0. The van der Waals surface area contributed by atoms with Crippen molar-refractivity contribution in [3.63, 3.8) is 0 Å². The molecule has 2 rings (SSSR count). The summed E-state index contributed by atoms with van der Waals surface area (Å²) in [6.07, 6.45) is -0.121. The molecule has 1 aliphatic rings. The zero-order valence-electron chi connectivity index (χ0n) is 12.1. The molecule has 1 saturated heterocycles. The second-order valence-electron chi connectivity index (χ2n) is 4.47. The van der Waals surface area contributed by atoms with Crippen LogP contribution in [0.3, 0.4) is 0 Å². The summed E-state index contributed by atoms with van der Waals surface area (Å²) in [5, 5.41) is 2.92. The van der Waals surface area contributed by atoms with Crippen LogP contribution in [0, 0.1) is 0 Å². The van der Waals surface area contributed by atoms with Gasteiger partial charge < -0.3 is 24.4 Å². The standard InChI is InChI=1S/C12H21N5O3/c1-9(8-18-3)20-12-15-10(13-2)14-11(16-12)17-4-6-19-7-5-17/h9H,4-8H2,1-3H3,(H,13,14,15,16). The molecule has 20 heavy (non-hydrogen) atoms. The maximum absolute atomic E-state index is 5.64. The molecule has 2 heterocycles. The Morgan fingerprint density at radius 3 is 2.70 bits per heavy atom. The van der Waals surface area contributed by atoms with E-state index in [-0.39, 0.29) is 6.10 Å². The summed E-state index contributed by atoms with van der Waals surface area (Å²) in [5.74, 6) is 1.09. The first-order valence-corrected chi connectivity index (χ1v) is 6.65. The first kappa shape index (κ1) is 14.7. The van der Waals surface area contributed by atoms with Crippen LogP contribution in [0.2, 0.25) is 0 Å². The molecule has 1 atom stereocenters. The monoisotopic (exact) mass is 283 g/mol. The Morgan fingerprint density at radius 2 is 2.05 bits per heavy atom. The molecule has 112 valence electrons. The van der Waals surface area contributed by atoms with E-state index < -0.39 is 0 Å². The van der Waals surface area contributed by atoms with Gasteiger partial charge >= 0.3 is 6.01 Å².